The van der Waals surface area contributed by atoms with E-state index in [-0.39, 0.29) is 17.9 Å². The summed E-state index contributed by atoms with van der Waals surface area (Å²) in [5.74, 6) is -1.36. The van der Waals surface area contributed by atoms with Crippen LogP contribution in [0.1, 0.15) is 26.7 Å². The van der Waals surface area contributed by atoms with Crippen molar-refractivity contribution < 1.29 is 17.6 Å². The molecule has 0 aromatic heterocycles. The van der Waals surface area contributed by atoms with Gasteiger partial charge in [0.15, 0.2) is 0 Å². The summed E-state index contributed by atoms with van der Waals surface area (Å²) in [6.45, 7) is 4.68. The van der Waals surface area contributed by atoms with Crippen molar-refractivity contribution in [2.24, 2.45) is 5.92 Å². The first-order valence-corrected chi connectivity index (χ1v) is 9.97. The van der Waals surface area contributed by atoms with Crippen LogP contribution in [-0.4, -0.2) is 51.4 Å². The molecule has 2 rings (SSSR count). The Bertz CT molecular complexity index is 709. The Hall–Kier alpha value is -1.51. The maximum atomic E-state index is 13.9. The van der Waals surface area contributed by atoms with E-state index in [1.165, 1.54) is 18.2 Å². The topological polar surface area (TPSA) is 78.5 Å². The fourth-order valence-corrected chi connectivity index (χ4v) is 4.39. The van der Waals surface area contributed by atoms with Gasteiger partial charge in [-0.15, -0.1) is 0 Å². The van der Waals surface area contributed by atoms with E-state index in [2.05, 4.69) is 10.0 Å². The zero-order chi connectivity index (χ0) is 18.6. The fraction of sp³-hybridized carbons (Fsp3) is 0.588. The minimum atomic E-state index is -4.13. The predicted octanol–water partition coefficient (Wildman–Crippen LogP) is 1.34. The SMILES string of the molecule is CNC1CCCN(C(=O)C(NS(=O)(=O)c2ccccc2F)C(C)C)C1. The second-order valence-electron chi connectivity index (χ2n) is 6.69. The Morgan fingerprint density at radius 1 is 1.32 bits per heavy atom. The largest absolute Gasteiger partial charge is 0.340 e. The highest BCUT2D eigenvalue weighted by atomic mass is 32.2. The molecule has 1 aliphatic heterocycles. The van der Waals surface area contributed by atoms with Crippen LogP contribution in [0.4, 0.5) is 4.39 Å². The predicted molar refractivity (Wildman–Crippen MR) is 94.0 cm³/mol. The maximum absolute atomic E-state index is 13.9. The average Bonchev–Trinajstić information content (AvgIpc) is 2.59. The van der Waals surface area contributed by atoms with Crippen molar-refractivity contribution in [3.8, 4) is 0 Å². The summed E-state index contributed by atoms with van der Waals surface area (Å²) in [7, 11) is -2.28. The normalized spacial score (nSPS) is 19.9. The number of hydrogen-bond donors (Lipinski definition) is 2. The quantitative estimate of drug-likeness (QED) is 0.791. The highest BCUT2D eigenvalue weighted by molar-refractivity contribution is 7.89. The van der Waals surface area contributed by atoms with Gasteiger partial charge in [0.2, 0.25) is 15.9 Å². The number of benzene rings is 1. The summed E-state index contributed by atoms with van der Waals surface area (Å²) in [5, 5.41) is 3.16. The average molecular weight is 371 g/mol. The molecule has 1 aromatic rings. The number of carbonyl (C=O) groups is 1. The first-order chi connectivity index (χ1) is 11.8. The molecular weight excluding hydrogens is 345 g/mol. The molecule has 1 aliphatic rings. The molecule has 1 aromatic carbocycles. The van der Waals surface area contributed by atoms with Crippen LogP contribution in [0.25, 0.3) is 0 Å². The van der Waals surface area contributed by atoms with E-state index in [1.54, 1.807) is 18.7 Å². The van der Waals surface area contributed by atoms with E-state index in [0.717, 1.165) is 18.9 Å². The molecule has 0 bridgehead atoms. The molecular formula is C17H26FN3O3S. The standard InChI is InChI=1S/C17H26FN3O3S/c1-12(2)16(17(22)21-10-6-7-13(11-21)19-3)20-25(23,24)15-9-5-4-8-14(15)18/h4-5,8-9,12-13,16,19-20H,6-7,10-11H2,1-3H3. The number of nitrogens with one attached hydrogen (secondary N) is 2. The Labute approximate surface area is 148 Å². The van der Waals surface area contributed by atoms with Gasteiger partial charge in [-0.3, -0.25) is 4.79 Å². The van der Waals surface area contributed by atoms with Gasteiger partial charge in [0, 0.05) is 19.1 Å². The van der Waals surface area contributed by atoms with Crippen LogP contribution >= 0.6 is 0 Å². The number of amides is 1. The number of sulfonamides is 1. The summed E-state index contributed by atoms with van der Waals surface area (Å²) in [6, 6.07) is 4.42. The number of carbonyl (C=O) groups excluding carboxylic acids is 1. The lowest BCUT2D eigenvalue weighted by Crippen LogP contribution is -2.55. The molecule has 0 spiro atoms. The van der Waals surface area contributed by atoms with Gasteiger partial charge in [-0.2, -0.15) is 4.72 Å². The molecule has 1 fully saturated rings. The molecule has 2 N–H and O–H groups in total. The van der Waals surface area contributed by atoms with Crippen molar-refractivity contribution >= 4 is 15.9 Å². The van der Waals surface area contributed by atoms with Crippen molar-refractivity contribution in [2.75, 3.05) is 20.1 Å². The molecule has 2 atom stereocenters. The zero-order valence-electron chi connectivity index (χ0n) is 14.8. The number of likely N-dealkylation sites (tertiary alicyclic amines) is 1. The lowest BCUT2D eigenvalue weighted by atomic mass is 10.0. The van der Waals surface area contributed by atoms with E-state index in [0.29, 0.717) is 13.1 Å². The Kier molecular flexibility index (Phi) is 6.53. The zero-order valence-corrected chi connectivity index (χ0v) is 15.6. The number of piperidine rings is 1. The first-order valence-electron chi connectivity index (χ1n) is 8.49. The third-order valence-corrected chi connectivity index (χ3v) is 5.96. The monoisotopic (exact) mass is 371 g/mol. The number of likely N-dealkylation sites (N-methyl/N-ethyl adjacent to an activating group) is 1. The smallest absolute Gasteiger partial charge is 0.244 e. The van der Waals surface area contributed by atoms with Gasteiger partial charge in [-0.05, 0) is 37.9 Å². The molecule has 0 radical (unpaired) electrons. The molecule has 25 heavy (non-hydrogen) atoms. The van der Waals surface area contributed by atoms with Crippen molar-refractivity contribution in [1.29, 1.82) is 0 Å². The highest BCUT2D eigenvalue weighted by Gasteiger charge is 2.34. The number of halogens is 1. The summed E-state index contributed by atoms with van der Waals surface area (Å²) in [5.41, 5.74) is 0. The second kappa shape index (κ2) is 8.25. The van der Waals surface area contributed by atoms with Crippen LogP contribution in [0, 0.1) is 11.7 Å². The van der Waals surface area contributed by atoms with E-state index in [4.69, 9.17) is 0 Å². The molecule has 0 aliphatic carbocycles. The van der Waals surface area contributed by atoms with E-state index >= 15 is 0 Å². The Balaban J connectivity index is 2.21. The lowest BCUT2D eigenvalue weighted by molar-refractivity contribution is -0.135. The molecule has 2 unspecified atom stereocenters. The van der Waals surface area contributed by atoms with Crippen LogP contribution in [0.3, 0.4) is 0 Å². The molecule has 140 valence electrons. The van der Waals surface area contributed by atoms with Crippen LogP contribution in [-0.2, 0) is 14.8 Å². The molecule has 1 amide bonds. The van der Waals surface area contributed by atoms with Crippen LogP contribution < -0.4 is 10.0 Å². The van der Waals surface area contributed by atoms with Crippen LogP contribution in [0.2, 0.25) is 0 Å². The van der Waals surface area contributed by atoms with Crippen molar-refractivity contribution in [3.05, 3.63) is 30.1 Å². The van der Waals surface area contributed by atoms with Gasteiger partial charge in [-0.25, -0.2) is 12.8 Å². The fourth-order valence-electron chi connectivity index (χ4n) is 2.97. The summed E-state index contributed by atoms with van der Waals surface area (Å²) < 4.78 is 41.4. The second-order valence-corrected chi connectivity index (χ2v) is 8.37. The number of nitrogens with zero attached hydrogens (tertiary/aromatic N) is 1. The molecule has 0 saturated carbocycles. The van der Waals surface area contributed by atoms with E-state index < -0.39 is 26.8 Å². The van der Waals surface area contributed by atoms with Gasteiger partial charge in [-0.1, -0.05) is 26.0 Å². The van der Waals surface area contributed by atoms with Crippen molar-refractivity contribution in [1.82, 2.24) is 14.9 Å². The highest BCUT2D eigenvalue weighted by Crippen LogP contribution is 2.18. The van der Waals surface area contributed by atoms with E-state index in [9.17, 15) is 17.6 Å². The van der Waals surface area contributed by atoms with E-state index in [1.807, 2.05) is 7.05 Å². The van der Waals surface area contributed by atoms with Crippen LogP contribution in [0.5, 0.6) is 0 Å². The molecule has 6 nitrogen and oxygen atoms in total. The Morgan fingerprint density at radius 3 is 2.60 bits per heavy atom. The molecule has 8 heteroatoms. The summed E-state index contributed by atoms with van der Waals surface area (Å²) >= 11 is 0. The van der Waals surface area contributed by atoms with Crippen LogP contribution in [0.15, 0.2) is 29.2 Å². The molecule has 1 saturated heterocycles. The third kappa shape index (κ3) is 4.77. The lowest BCUT2D eigenvalue weighted by Gasteiger charge is -2.35. The third-order valence-electron chi connectivity index (χ3n) is 4.48. The van der Waals surface area contributed by atoms with Crippen molar-refractivity contribution in [3.63, 3.8) is 0 Å². The summed E-state index contributed by atoms with van der Waals surface area (Å²) in [4.78, 5) is 14.1. The van der Waals surface area contributed by atoms with Gasteiger partial charge >= 0.3 is 0 Å². The Morgan fingerprint density at radius 2 is 2.00 bits per heavy atom. The minimum absolute atomic E-state index is 0.202. The van der Waals surface area contributed by atoms with Gasteiger partial charge < -0.3 is 10.2 Å². The summed E-state index contributed by atoms with van der Waals surface area (Å²) in [6.07, 6.45) is 1.84. The van der Waals surface area contributed by atoms with Gasteiger partial charge in [0.25, 0.3) is 0 Å². The van der Waals surface area contributed by atoms with Crippen molar-refractivity contribution in [2.45, 2.75) is 43.7 Å². The van der Waals surface area contributed by atoms with Gasteiger partial charge in [0.1, 0.15) is 16.8 Å². The number of hydrogen-bond acceptors (Lipinski definition) is 4. The first kappa shape index (κ1) is 19.8. The molecule has 1 heterocycles. The maximum Gasteiger partial charge on any atom is 0.244 e. The van der Waals surface area contributed by atoms with Gasteiger partial charge in [0.05, 0.1) is 0 Å². The number of rotatable bonds is 6. The minimum Gasteiger partial charge on any atom is -0.340 e.